The summed E-state index contributed by atoms with van der Waals surface area (Å²) in [5, 5.41) is 8.43. The van der Waals surface area contributed by atoms with Crippen LogP contribution in [0, 0.1) is 5.82 Å². The van der Waals surface area contributed by atoms with Crippen molar-refractivity contribution < 1.29 is 14.0 Å². The number of halogens is 1. The molecule has 0 unspecified atom stereocenters. The number of fused-ring (bicyclic) bond motifs is 1. The van der Waals surface area contributed by atoms with Gasteiger partial charge in [-0.3, -0.25) is 14.3 Å². The maximum absolute atomic E-state index is 13.4. The van der Waals surface area contributed by atoms with E-state index in [1.54, 1.807) is 41.3 Å². The van der Waals surface area contributed by atoms with Crippen molar-refractivity contribution in [1.82, 2.24) is 14.7 Å². The van der Waals surface area contributed by atoms with Crippen LogP contribution in [0.15, 0.2) is 48.8 Å². The van der Waals surface area contributed by atoms with Crippen LogP contribution < -0.4 is 5.32 Å². The standard InChI is InChI=1S/C20H19FN4O2/c21-15-6-7-17-14(11-15)3-1-4-18(17)20(27)23-16-12-22-25(13-16)10-9-24-8-2-5-19(24)26/h1,3-4,6-7,11-13H,2,5,8-10H2,(H,23,27). The molecular weight excluding hydrogens is 347 g/mol. The number of hydrogen-bond acceptors (Lipinski definition) is 3. The van der Waals surface area contributed by atoms with E-state index in [0.717, 1.165) is 13.0 Å². The van der Waals surface area contributed by atoms with Crippen LogP contribution in [0.3, 0.4) is 0 Å². The van der Waals surface area contributed by atoms with Crippen LogP contribution >= 0.6 is 0 Å². The number of carbonyl (C=O) groups is 2. The summed E-state index contributed by atoms with van der Waals surface area (Å²) >= 11 is 0. The van der Waals surface area contributed by atoms with Crippen molar-refractivity contribution in [2.75, 3.05) is 18.4 Å². The van der Waals surface area contributed by atoms with Gasteiger partial charge in [-0.1, -0.05) is 18.2 Å². The molecule has 2 amide bonds. The van der Waals surface area contributed by atoms with Crippen LogP contribution in [0.2, 0.25) is 0 Å². The zero-order valence-corrected chi connectivity index (χ0v) is 14.7. The fraction of sp³-hybridized carbons (Fsp3) is 0.250. The quantitative estimate of drug-likeness (QED) is 0.755. The van der Waals surface area contributed by atoms with E-state index in [9.17, 15) is 14.0 Å². The maximum atomic E-state index is 13.4. The lowest BCUT2D eigenvalue weighted by molar-refractivity contribution is -0.127. The molecule has 0 saturated carbocycles. The highest BCUT2D eigenvalue weighted by atomic mass is 19.1. The van der Waals surface area contributed by atoms with Crippen LogP contribution in [0.1, 0.15) is 23.2 Å². The summed E-state index contributed by atoms with van der Waals surface area (Å²) in [5.41, 5.74) is 1.05. The third kappa shape index (κ3) is 3.67. The number of benzene rings is 2. The summed E-state index contributed by atoms with van der Waals surface area (Å²) in [4.78, 5) is 26.1. The normalized spacial score (nSPS) is 14.1. The Labute approximate surface area is 155 Å². The van der Waals surface area contributed by atoms with E-state index in [-0.39, 0.29) is 17.6 Å². The monoisotopic (exact) mass is 366 g/mol. The van der Waals surface area contributed by atoms with Gasteiger partial charge in [-0.25, -0.2) is 4.39 Å². The molecule has 1 aliphatic heterocycles. The van der Waals surface area contributed by atoms with Crippen molar-refractivity contribution >= 4 is 28.3 Å². The number of nitrogens with one attached hydrogen (secondary N) is 1. The molecule has 0 bridgehead atoms. The molecule has 0 radical (unpaired) electrons. The fourth-order valence-corrected chi connectivity index (χ4v) is 3.37. The number of aromatic nitrogens is 2. The third-order valence-electron chi connectivity index (χ3n) is 4.75. The summed E-state index contributed by atoms with van der Waals surface area (Å²) in [6.07, 6.45) is 4.85. The largest absolute Gasteiger partial charge is 0.341 e. The molecule has 2 heterocycles. The molecule has 0 spiro atoms. The van der Waals surface area contributed by atoms with E-state index in [1.807, 2.05) is 4.90 Å². The number of amides is 2. The van der Waals surface area contributed by atoms with E-state index in [2.05, 4.69) is 10.4 Å². The minimum atomic E-state index is -0.335. The number of likely N-dealkylation sites (tertiary alicyclic amines) is 1. The van der Waals surface area contributed by atoms with Gasteiger partial charge in [0, 0.05) is 31.3 Å². The molecule has 0 aliphatic carbocycles. The smallest absolute Gasteiger partial charge is 0.256 e. The Balaban J connectivity index is 1.44. The number of carbonyl (C=O) groups excluding carboxylic acids is 2. The van der Waals surface area contributed by atoms with Gasteiger partial charge in [0.05, 0.1) is 18.4 Å². The molecule has 4 rings (SSSR count). The third-order valence-corrected chi connectivity index (χ3v) is 4.75. The van der Waals surface area contributed by atoms with E-state index in [1.165, 1.54) is 12.1 Å². The molecule has 1 saturated heterocycles. The van der Waals surface area contributed by atoms with Gasteiger partial charge in [-0.2, -0.15) is 5.10 Å². The minimum absolute atomic E-state index is 0.183. The molecule has 1 N–H and O–H groups in total. The Bertz CT molecular complexity index is 1010. The average molecular weight is 366 g/mol. The van der Waals surface area contributed by atoms with Gasteiger partial charge < -0.3 is 10.2 Å². The highest BCUT2D eigenvalue weighted by molar-refractivity contribution is 6.12. The summed E-state index contributed by atoms with van der Waals surface area (Å²) < 4.78 is 15.1. The van der Waals surface area contributed by atoms with Gasteiger partial charge in [-0.15, -0.1) is 0 Å². The highest BCUT2D eigenvalue weighted by Crippen LogP contribution is 2.21. The second-order valence-corrected chi connectivity index (χ2v) is 6.60. The topological polar surface area (TPSA) is 67.2 Å². The Hall–Kier alpha value is -3.22. The molecule has 138 valence electrons. The Morgan fingerprint density at radius 3 is 2.93 bits per heavy atom. The van der Waals surface area contributed by atoms with Crippen molar-refractivity contribution in [3.63, 3.8) is 0 Å². The van der Waals surface area contributed by atoms with E-state index in [0.29, 0.717) is 41.5 Å². The SMILES string of the molecule is O=C(Nc1cnn(CCN2CCCC2=O)c1)c1cccc2cc(F)ccc12. The maximum Gasteiger partial charge on any atom is 0.256 e. The van der Waals surface area contributed by atoms with Gasteiger partial charge in [-0.05, 0) is 35.4 Å². The van der Waals surface area contributed by atoms with Crippen LogP contribution in [0.5, 0.6) is 0 Å². The lowest BCUT2D eigenvalue weighted by Crippen LogP contribution is -2.28. The van der Waals surface area contributed by atoms with Gasteiger partial charge in [0.2, 0.25) is 5.91 Å². The van der Waals surface area contributed by atoms with Crippen molar-refractivity contribution in [3.8, 4) is 0 Å². The van der Waals surface area contributed by atoms with Crippen molar-refractivity contribution in [2.45, 2.75) is 19.4 Å². The number of nitrogens with zero attached hydrogens (tertiary/aromatic N) is 3. The Morgan fingerprint density at radius 2 is 2.11 bits per heavy atom. The Kier molecular flexibility index (Phi) is 4.58. The molecule has 27 heavy (non-hydrogen) atoms. The van der Waals surface area contributed by atoms with Crippen LogP contribution in [0.25, 0.3) is 10.8 Å². The Morgan fingerprint density at radius 1 is 1.22 bits per heavy atom. The molecule has 1 fully saturated rings. The van der Waals surface area contributed by atoms with Crippen molar-refractivity contribution in [2.24, 2.45) is 0 Å². The summed E-state index contributed by atoms with van der Waals surface area (Å²) in [6.45, 7) is 1.99. The minimum Gasteiger partial charge on any atom is -0.341 e. The van der Waals surface area contributed by atoms with Gasteiger partial charge in [0.25, 0.3) is 5.91 Å². The molecule has 1 aromatic heterocycles. The zero-order chi connectivity index (χ0) is 18.8. The first-order valence-corrected chi connectivity index (χ1v) is 8.90. The molecule has 0 atom stereocenters. The molecule has 1 aliphatic rings. The average Bonchev–Trinajstić information content (AvgIpc) is 3.27. The van der Waals surface area contributed by atoms with Crippen LogP contribution in [-0.2, 0) is 11.3 Å². The summed E-state index contributed by atoms with van der Waals surface area (Å²) in [6, 6.07) is 9.57. The van der Waals surface area contributed by atoms with Crippen LogP contribution in [0.4, 0.5) is 10.1 Å². The molecular formula is C20H19FN4O2. The van der Waals surface area contributed by atoms with E-state index >= 15 is 0 Å². The summed E-state index contributed by atoms with van der Waals surface area (Å²) in [5.74, 6) is -0.428. The van der Waals surface area contributed by atoms with Gasteiger partial charge in [0.1, 0.15) is 5.82 Å². The van der Waals surface area contributed by atoms with Gasteiger partial charge in [0.15, 0.2) is 0 Å². The molecule has 2 aromatic carbocycles. The van der Waals surface area contributed by atoms with Crippen molar-refractivity contribution in [3.05, 3.63) is 60.2 Å². The molecule has 3 aromatic rings. The first kappa shape index (κ1) is 17.2. The number of hydrogen-bond donors (Lipinski definition) is 1. The number of rotatable bonds is 5. The lowest BCUT2D eigenvalue weighted by atomic mass is 10.0. The van der Waals surface area contributed by atoms with Gasteiger partial charge >= 0.3 is 0 Å². The first-order valence-electron chi connectivity index (χ1n) is 8.90. The highest BCUT2D eigenvalue weighted by Gasteiger charge is 2.19. The number of anilines is 1. The van der Waals surface area contributed by atoms with E-state index in [4.69, 9.17) is 0 Å². The second-order valence-electron chi connectivity index (χ2n) is 6.60. The molecule has 6 nitrogen and oxygen atoms in total. The van der Waals surface area contributed by atoms with E-state index < -0.39 is 0 Å². The second kappa shape index (κ2) is 7.19. The van der Waals surface area contributed by atoms with Crippen LogP contribution in [-0.4, -0.2) is 39.6 Å². The lowest BCUT2D eigenvalue weighted by Gasteiger charge is -2.14. The molecule has 7 heteroatoms. The fourth-order valence-electron chi connectivity index (χ4n) is 3.37. The first-order chi connectivity index (χ1) is 13.1. The predicted octanol–water partition coefficient (Wildman–Crippen LogP) is 3.05. The predicted molar refractivity (Wildman–Crippen MR) is 99.9 cm³/mol. The van der Waals surface area contributed by atoms with Crippen molar-refractivity contribution in [1.29, 1.82) is 0 Å². The summed E-state index contributed by atoms with van der Waals surface area (Å²) in [7, 11) is 0. The zero-order valence-electron chi connectivity index (χ0n) is 14.7.